The number of hydrogen-bond acceptors (Lipinski definition) is 1. The van der Waals surface area contributed by atoms with Gasteiger partial charge in [-0.1, -0.05) is 19.1 Å². The predicted molar refractivity (Wildman–Crippen MR) is 114 cm³/mol. The summed E-state index contributed by atoms with van der Waals surface area (Å²) < 4.78 is 61.5. The second-order valence-electron chi connectivity index (χ2n) is 9.18. The summed E-state index contributed by atoms with van der Waals surface area (Å²) >= 11 is 0. The molecule has 1 saturated carbocycles. The molecule has 0 spiro atoms. The number of rotatable bonds is 6. The molecule has 1 atom stereocenters. The van der Waals surface area contributed by atoms with Gasteiger partial charge in [-0.05, 0) is 97.9 Å². The maximum Gasteiger partial charge on any atom is 0.194 e. The molecule has 0 saturated heterocycles. The highest BCUT2D eigenvalue weighted by atomic mass is 19.2. The molecule has 0 amide bonds. The monoisotopic (exact) mass is 434 g/mol. The Hall–Kier alpha value is -1.88. The Morgan fingerprint density at radius 1 is 0.871 bits per heavy atom. The molecule has 5 heteroatoms. The Labute approximate surface area is 181 Å². The molecular weight excluding hydrogens is 404 g/mol. The smallest absolute Gasteiger partial charge is 0.194 e. The maximum absolute atomic E-state index is 15.2. The number of fused-ring (bicyclic) bond motifs is 1. The van der Waals surface area contributed by atoms with Gasteiger partial charge in [0.15, 0.2) is 17.5 Å². The first-order chi connectivity index (χ1) is 15.0. The second-order valence-corrected chi connectivity index (χ2v) is 9.18. The molecule has 168 valence electrons. The minimum Gasteiger partial charge on any atom is -0.381 e. The van der Waals surface area contributed by atoms with E-state index in [-0.39, 0.29) is 11.1 Å². The van der Waals surface area contributed by atoms with E-state index in [0.717, 1.165) is 50.2 Å². The lowest BCUT2D eigenvalue weighted by atomic mass is 9.69. The van der Waals surface area contributed by atoms with Crippen molar-refractivity contribution in [3.8, 4) is 11.1 Å². The topological polar surface area (TPSA) is 9.23 Å². The van der Waals surface area contributed by atoms with Crippen molar-refractivity contribution < 1.29 is 22.3 Å². The van der Waals surface area contributed by atoms with Gasteiger partial charge in [-0.2, -0.15) is 0 Å². The summed E-state index contributed by atoms with van der Waals surface area (Å²) in [7, 11) is 0. The van der Waals surface area contributed by atoms with Crippen LogP contribution in [-0.4, -0.2) is 13.2 Å². The first kappa shape index (κ1) is 22.3. The third kappa shape index (κ3) is 4.82. The number of hydrogen-bond donors (Lipinski definition) is 0. The lowest BCUT2D eigenvalue weighted by Gasteiger charge is -2.36. The van der Waals surface area contributed by atoms with E-state index >= 15 is 4.39 Å². The minimum absolute atomic E-state index is 0.0300. The average Bonchev–Trinajstić information content (AvgIpc) is 2.78. The first-order valence-corrected chi connectivity index (χ1v) is 11.5. The van der Waals surface area contributed by atoms with E-state index < -0.39 is 23.3 Å². The Bertz CT molecular complexity index is 895. The quantitative estimate of drug-likeness (QED) is 0.264. The molecule has 1 unspecified atom stereocenters. The zero-order valence-electron chi connectivity index (χ0n) is 18.0. The van der Waals surface area contributed by atoms with Gasteiger partial charge in [0.2, 0.25) is 0 Å². The van der Waals surface area contributed by atoms with Gasteiger partial charge in [-0.25, -0.2) is 17.6 Å². The summed E-state index contributed by atoms with van der Waals surface area (Å²) in [6.07, 6.45) is 8.27. The lowest BCUT2D eigenvalue weighted by Crippen LogP contribution is -2.28. The molecule has 0 N–H and O–H groups in total. The molecule has 1 fully saturated rings. The molecule has 2 aliphatic carbocycles. The van der Waals surface area contributed by atoms with Gasteiger partial charge in [0.25, 0.3) is 0 Å². The lowest BCUT2D eigenvalue weighted by molar-refractivity contribution is 0.0699. The summed E-state index contributed by atoms with van der Waals surface area (Å²) in [5, 5.41) is 0. The molecule has 2 aromatic rings. The maximum atomic E-state index is 15.2. The van der Waals surface area contributed by atoms with Crippen LogP contribution in [0.1, 0.15) is 56.6 Å². The van der Waals surface area contributed by atoms with Crippen LogP contribution < -0.4 is 0 Å². The van der Waals surface area contributed by atoms with Gasteiger partial charge in [0.1, 0.15) is 5.82 Å². The zero-order valence-corrected chi connectivity index (χ0v) is 18.0. The van der Waals surface area contributed by atoms with Crippen LogP contribution >= 0.6 is 0 Å². The van der Waals surface area contributed by atoms with Gasteiger partial charge >= 0.3 is 0 Å². The van der Waals surface area contributed by atoms with E-state index in [4.69, 9.17) is 4.74 Å². The van der Waals surface area contributed by atoms with E-state index in [0.29, 0.717) is 29.7 Å². The van der Waals surface area contributed by atoms with Gasteiger partial charge in [-0.3, -0.25) is 0 Å². The fourth-order valence-corrected chi connectivity index (χ4v) is 5.39. The third-order valence-electron chi connectivity index (χ3n) is 7.14. The Morgan fingerprint density at radius 2 is 1.58 bits per heavy atom. The SMILES string of the molecule is CCCOCC1CCC(C2CCc3c(ccc(-c4cc(F)c(F)c(F)c4)c3F)C2)CC1. The highest BCUT2D eigenvalue weighted by Crippen LogP contribution is 2.41. The fraction of sp³-hybridized carbons (Fsp3) is 0.538. The van der Waals surface area contributed by atoms with Gasteiger partial charge < -0.3 is 4.74 Å². The van der Waals surface area contributed by atoms with Crippen molar-refractivity contribution >= 4 is 0 Å². The van der Waals surface area contributed by atoms with Crippen molar-refractivity contribution in [2.75, 3.05) is 13.2 Å². The number of ether oxygens (including phenoxy) is 1. The van der Waals surface area contributed by atoms with E-state index in [1.807, 2.05) is 6.07 Å². The summed E-state index contributed by atoms with van der Waals surface area (Å²) in [6.45, 7) is 3.83. The van der Waals surface area contributed by atoms with Crippen molar-refractivity contribution in [3.63, 3.8) is 0 Å². The summed E-state index contributed by atoms with van der Waals surface area (Å²) in [6, 6.07) is 5.17. The van der Waals surface area contributed by atoms with Crippen LogP contribution in [0, 0.1) is 41.0 Å². The standard InChI is InChI=1S/C26H30F4O/c1-2-11-31-15-16-3-5-17(6-4-16)18-7-9-21-19(12-18)8-10-22(25(21)29)20-13-23(27)26(30)24(28)14-20/h8,10,13-14,16-18H,2-7,9,11-12,15H2,1H3. The van der Waals surface area contributed by atoms with Gasteiger partial charge in [0, 0.05) is 18.8 Å². The van der Waals surface area contributed by atoms with Crippen LogP contribution in [0.25, 0.3) is 11.1 Å². The largest absolute Gasteiger partial charge is 0.381 e. The first-order valence-electron chi connectivity index (χ1n) is 11.5. The zero-order chi connectivity index (χ0) is 22.0. The van der Waals surface area contributed by atoms with E-state index in [9.17, 15) is 13.2 Å². The van der Waals surface area contributed by atoms with E-state index in [1.54, 1.807) is 6.07 Å². The average molecular weight is 435 g/mol. The molecule has 0 aromatic heterocycles. The number of halogens is 4. The molecular formula is C26H30F4O. The molecule has 1 nitrogen and oxygen atoms in total. The third-order valence-corrected chi connectivity index (χ3v) is 7.14. The van der Waals surface area contributed by atoms with Crippen molar-refractivity contribution in [2.24, 2.45) is 17.8 Å². The van der Waals surface area contributed by atoms with Crippen LogP contribution in [0.3, 0.4) is 0 Å². The van der Waals surface area contributed by atoms with Crippen molar-refractivity contribution in [2.45, 2.75) is 58.3 Å². The summed E-state index contributed by atoms with van der Waals surface area (Å²) in [4.78, 5) is 0. The van der Waals surface area contributed by atoms with E-state index in [1.165, 1.54) is 25.7 Å². The van der Waals surface area contributed by atoms with Crippen LogP contribution in [-0.2, 0) is 17.6 Å². The molecule has 2 aliphatic rings. The summed E-state index contributed by atoms with van der Waals surface area (Å²) in [5.74, 6) is -2.69. The Morgan fingerprint density at radius 3 is 2.26 bits per heavy atom. The second kappa shape index (κ2) is 9.72. The normalized spacial score (nSPS) is 23.6. The molecule has 0 heterocycles. The van der Waals surface area contributed by atoms with Crippen LogP contribution in [0.4, 0.5) is 17.6 Å². The molecule has 0 bridgehead atoms. The van der Waals surface area contributed by atoms with Crippen molar-refractivity contribution in [1.82, 2.24) is 0 Å². The van der Waals surface area contributed by atoms with Crippen LogP contribution in [0.5, 0.6) is 0 Å². The minimum atomic E-state index is -1.53. The molecule has 31 heavy (non-hydrogen) atoms. The highest BCUT2D eigenvalue weighted by molar-refractivity contribution is 5.66. The van der Waals surface area contributed by atoms with Gasteiger partial charge in [-0.15, -0.1) is 0 Å². The Kier molecular flexibility index (Phi) is 7.00. The molecule has 2 aromatic carbocycles. The summed E-state index contributed by atoms with van der Waals surface area (Å²) in [5.41, 5.74) is 1.79. The fourth-order valence-electron chi connectivity index (χ4n) is 5.39. The molecule has 0 radical (unpaired) electrons. The molecule has 0 aliphatic heterocycles. The van der Waals surface area contributed by atoms with Crippen LogP contribution in [0.15, 0.2) is 24.3 Å². The van der Waals surface area contributed by atoms with Crippen molar-refractivity contribution in [1.29, 1.82) is 0 Å². The molecule has 4 rings (SSSR count). The van der Waals surface area contributed by atoms with Gasteiger partial charge in [0.05, 0.1) is 0 Å². The Balaban J connectivity index is 1.44. The van der Waals surface area contributed by atoms with E-state index in [2.05, 4.69) is 6.92 Å². The van der Waals surface area contributed by atoms with Crippen LogP contribution in [0.2, 0.25) is 0 Å². The number of benzene rings is 2. The predicted octanol–water partition coefficient (Wildman–Crippen LogP) is 7.25. The highest BCUT2D eigenvalue weighted by Gasteiger charge is 2.31. The van der Waals surface area contributed by atoms with Crippen molar-refractivity contribution in [3.05, 3.63) is 58.7 Å².